The molecular formula is C25H20FN3O2. The fourth-order valence-electron chi connectivity index (χ4n) is 4.43. The van der Waals surface area contributed by atoms with E-state index in [2.05, 4.69) is 22.4 Å². The van der Waals surface area contributed by atoms with E-state index in [9.17, 15) is 9.18 Å². The predicted octanol–water partition coefficient (Wildman–Crippen LogP) is 4.09. The Labute approximate surface area is 177 Å². The van der Waals surface area contributed by atoms with Crippen LogP contribution in [0.15, 0.2) is 65.5 Å². The first-order chi connectivity index (χ1) is 15.2. The summed E-state index contributed by atoms with van der Waals surface area (Å²) in [5, 5.41) is 3.21. The maximum absolute atomic E-state index is 13.9. The zero-order chi connectivity index (χ0) is 20.9. The molecule has 4 aromatic rings. The molecule has 3 aromatic carbocycles. The topological polar surface area (TPSA) is 59.1 Å². The maximum Gasteiger partial charge on any atom is 0.326 e. The quantitative estimate of drug-likeness (QED) is 0.520. The minimum atomic E-state index is -0.324. The van der Waals surface area contributed by atoms with Crippen molar-refractivity contribution in [3.63, 3.8) is 0 Å². The molecule has 0 spiro atoms. The summed E-state index contributed by atoms with van der Waals surface area (Å²) in [4.78, 5) is 15.5. The van der Waals surface area contributed by atoms with Gasteiger partial charge >= 0.3 is 5.69 Å². The standard InChI is InChI=1S/C25H20FN3O2/c26-17-6-7-20-21(19-4-2-1-3-16(19)14-31-24(20)11-17)9-15-5-8-23-22(10-15)28-25(30)29(23)18-12-27-13-18/h1-11,18,27H,12-14H2,(H,28,30). The number of benzene rings is 3. The van der Waals surface area contributed by atoms with Gasteiger partial charge in [0.1, 0.15) is 18.2 Å². The van der Waals surface area contributed by atoms with Crippen LogP contribution >= 0.6 is 0 Å². The van der Waals surface area contributed by atoms with E-state index in [1.54, 1.807) is 6.07 Å². The number of aromatic amines is 1. The summed E-state index contributed by atoms with van der Waals surface area (Å²) in [6, 6.07) is 18.9. The smallest absolute Gasteiger partial charge is 0.326 e. The van der Waals surface area contributed by atoms with Gasteiger partial charge in [-0.05, 0) is 52.6 Å². The van der Waals surface area contributed by atoms with Gasteiger partial charge in [0.05, 0.1) is 17.1 Å². The first kappa shape index (κ1) is 18.2. The average Bonchev–Trinajstić information content (AvgIpc) is 2.96. The summed E-state index contributed by atoms with van der Waals surface area (Å²) in [5.41, 5.74) is 6.50. The van der Waals surface area contributed by atoms with Crippen LogP contribution in [0.25, 0.3) is 22.7 Å². The molecule has 31 heavy (non-hydrogen) atoms. The van der Waals surface area contributed by atoms with E-state index in [-0.39, 0.29) is 17.5 Å². The van der Waals surface area contributed by atoms with Crippen molar-refractivity contribution in [2.45, 2.75) is 12.6 Å². The first-order valence-corrected chi connectivity index (χ1v) is 10.3. The molecule has 3 heterocycles. The van der Waals surface area contributed by atoms with Crippen molar-refractivity contribution in [2.24, 2.45) is 0 Å². The summed E-state index contributed by atoms with van der Waals surface area (Å²) in [6.45, 7) is 2.00. The highest BCUT2D eigenvalue weighted by molar-refractivity contribution is 5.95. The monoisotopic (exact) mass is 413 g/mol. The Bertz CT molecular complexity index is 1410. The van der Waals surface area contributed by atoms with Gasteiger partial charge in [-0.3, -0.25) is 4.57 Å². The molecule has 0 amide bonds. The number of nitrogens with one attached hydrogen (secondary N) is 2. The first-order valence-electron chi connectivity index (χ1n) is 10.3. The van der Waals surface area contributed by atoms with Crippen LogP contribution in [0.1, 0.15) is 28.3 Å². The Hall–Kier alpha value is -3.64. The normalized spacial score (nSPS) is 17.0. The number of imidazole rings is 1. The second-order valence-corrected chi connectivity index (χ2v) is 8.03. The molecular weight excluding hydrogens is 393 g/mol. The number of nitrogens with zero attached hydrogens (tertiary/aromatic N) is 1. The highest BCUT2D eigenvalue weighted by Gasteiger charge is 2.23. The van der Waals surface area contributed by atoms with Crippen LogP contribution in [0.4, 0.5) is 4.39 Å². The Morgan fingerprint density at radius 3 is 2.74 bits per heavy atom. The number of halogens is 1. The largest absolute Gasteiger partial charge is 0.488 e. The lowest BCUT2D eigenvalue weighted by Crippen LogP contribution is -2.46. The maximum atomic E-state index is 13.9. The fourth-order valence-corrected chi connectivity index (χ4v) is 4.43. The van der Waals surface area contributed by atoms with E-state index < -0.39 is 0 Å². The molecule has 0 saturated carbocycles. The van der Waals surface area contributed by atoms with E-state index >= 15 is 0 Å². The molecule has 0 bridgehead atoms. The predicted molar refractivity (Wildman–Crippen MR) is 119 cm³/mol. The van der Waals surface area contributed by atoms with Crippen LogP contribution in [0.2, 0.25) is 0 Å². The number of fused-ring (bicyclic) bond motifs is 3. The van der Waals surface area contributed by atoms with Gasteiger partial charge in [-0.15, -0.1) is 0 Å². The Morgan fingerprint density at radius 2 is 1.90 bits per heavy atom. The molecule has 0 unspecified atom stereocenters. The summed E-state index contributed by atoms with van der Waals surface area (Å²) in [5.74, 6) is 0.204. The van der Waals surface area contributed by atoms with Crippen LogP contribution < -0.4 is 15.7 Å². The molecule has 5 nitrogen and oxygen atoms in total. The molecule has 2 N–H and O–H groups in total. The zero-order valence-electron chi connectivity index (χ0n) is 16.7. The van der Waals surface area contributed by atoms with E-state index in [0.29, 0.717) is 12.4 Å². The Kier molecular flexibility index (Phi) is 4.07. The van der Waals surface area contributed by atoms with Gasteiger partial charge in [-0.2, -0.15) is 0 Å². The van der Waals surface area contributed by atoms with Gasteiger partial charge in [0.2, 0.25) is 0 Å². The summed E-state index contributed by atoms with van der Waals surface area (Å²) in [6.07, 6.45) is 2.07. The van der Waals surface area contributed by atoms with E-state index in [1.807, 2.05) is 41.0 Å². The van der Waals surface area contributed by atoms with Crippen LogP contribution in [-0.2, 0) is 6.61 Å². The van der Waals surface area contributed by atoms with Crippen LogP contribution in [0.3, 0.4) is 0 Å². The third-order valence-corrected chi connectivity index (χ3v) is 6.10. The summed E-state index contributed by atoms with van der Waals surface area (Å²) in [7, 11) is 0. The van der Waals surface area contributed by atoms with Crippen molar-refractivity contribution >= 4 is 22.7 Å². The van der Waals surface area contributed by atoms with Gasteiger partial charge < -0.3 is 15.0 Å². The van der Waals surface area contributed by atoms with Gasteiger partial charge in [-0.1, -0.05) is 30.3 Å². The molecule has 1 fully saturated rings. The molecule has 2 aliphatic rings. The molecule has 1 aromatic heterocycles. The molecule has 0 atom stereocenters. The highest BCUT2D eigenvalue weighted by atomic mass is 19.1. The number of hydrogen-bond acceptors (Lipinski definition) is 3. The minimum Gasteiger partial charge on any atom is -0.488 e. The third kappa shape index (κ3) is 2.99. The zero-order valence-corrected chi connectivity index (χ0v) is 16.7. The van der Waals surface area contributed by atoms with Gasteiger partial charge in [0, 0.05) is 24.7 Å². The summed E-state index contributed by atoms with van der Waals surface area (Å²) >= 11 is 0. The van der Waals surface area contributed by atoms with E-state index in [4.69, 9.17) is 4.74 Å². The SMILES string of the molecule is O=c1[nH]c2cc(C=C3c4ccccc4COc4cc(F)ccc43)ccc2n1C1CNC1. The molecule has 0 radical (unpaired) electrons. The molecule has 0 aliphatic carbocycles. The molecule has 6 heteroatoms. The summed E-state index contributed by atoms with van der Waals surface area (Å²) < 4.78 is 21.6. The average molecular weight is 413 g/mol. The lowest BCUT2D eigenvalue weighted by atomic mass is 9.92. The Balaban J connectivity index is 1.53. The van der Waals surface area contributed by atoms with Crippen LogP contribution in [0.5, 0.6) is 5.75 Å². The van der Waals surface area contributed by atoms with Gasteiger partial charge in [0.25, 0.3) is 0 Å². The van der Waals surface area contributed by atoms with Crippen molar-refractivity contribution in [3.05, 3.63) is 99.2 Å². The number of aromatic nitrogens is 2. The van der Waals surface area contributed by atoms with Crippen molar-refractivity contribution in [3.8, 4) is 5.75 Å². The Morgan fingerprint density at radius 1 is 1.03 bits per heavy atom. The molecule has 1 saturated heterocycles. The number of ether oxygens (including phenoxy) is 1. The van der Waals surface area contributed by atoms with E-state index in [1.165, 1.54) is 12.1 Å². The molecule has 154 valence electrons. The lowest BCUT2D eigenvalue weighted by molar-refractivity contribution is 0.305. The second kappa shape index (κ2) is 6.96. The van der Waals surface area contributed by atoms with Gasteiger partial charge in [0.15, 0.2) is 0 Å². The highest BCUT2D eigenvalue weighted by Crippen LogP contribution is 2.38. The fraction of sp³-hybridized carbons (Fsp3) is 0.160. The minimum absolute atomic E-state index is 0.0830. The third-order valence-electron chi connectivity index (χ3n) is 6.10. The lowest BCUT2D eigenvalue weighted by Gasteiger charge is -2.28. The van der Waals surface area contributed by atoms with Crippen molar-refractivity contribution in [1.29, 1.82) is 0 Å². The van der Waals surface area contributed by atoms with Crippen LogP contribution in [-0.4, -0.2) is 22.6 Å². The van der Waals surface area contributed by atoms with Crippen molar-refractivity contribution in [2.75, 3.05) is 13.1 Å². The van der Waals surface area contributed by atoms with Gasteiger partial charge in [-0.25, -0.2) is 9.18 Å². The van der Waals surface area contributed by atoms with Crippen molar-refractivity contribution in [1.82, 2.24) is 14.9 Å². The molecule has 2 aliphatic heterocycles. The number of H-pyrrole nitrogens is 1. The number of rotatable bonds is 2. The van der Waals surface area contributed by atoms with E-state index in [0.717, 1.165) is 51.9 Å². The number of hydrogen-bond donors (Lipinski definition) is 2. The second-order valence-electron chi connectivity index (χ2n) is 8.03. The van der Waals surface area contributed by atoms with Crippen LogP contribution in [0, 0.1) is 5.82 Å². The molecule has 6 rings (SSSR count). The van der Waals surface area contributed by atoms with Crippen molar-refractivity contribution < 1.29 is 9.13 Å².